The van der Waals surface area contributed by atoms with Gasteiger partial charge in [-0.25, -0.2) is 4.79 Å². The van der Waals surface area contributed by atoms with Crippen LogP contribution in [0.4, 0.5) is 0 Å². The highest BCUT2D eigenvalue weighted by Crippen LogP contribution is 2.42. The number of thiophene rings is 1. The van der Waals surface area contributed by atoms with E-state index in [4.69, 9.17) is 9.47 Å². The largest absolute Gasteiger partial charge is 0.488 e. The Morgan fingerprint density at radius 3 is 2.96 bits per heavy atom. The molecular formula is C19H21NO4S. The van der Waals surface area contributed by atoms with Gasteiger partial charge in [-0.3, -0.25) is 4.79 Å². The minimum Gasteiger partial charge on any atom is -0.488 e. The van der Waals surface area contributed by atoms with E-state index in [1.807, 2.05) is 31.2 Å². The first-order chi connectivity index (χ1) is 12.1. The lowest BCUT2D eigenvalue weighted by atomic mass is 10.1. The first-order valence-corrected chi connectivity index (χ1v) is 9.21. The van der Waals surface area contributed by atoms with Gasteiger partial charge in [0.05, 0.1) is 0 Å². The molecule has 1 aromatic heterocycles. The van der Waals surface area contributed by atoms with Crippen LogP contribution in [0.1, 0.15) is 41.9 Å². The molecule has 1 N–H and O–H groups in total. The van der Waals surface area contributed by atoms with Crippen molar-refractivity contribution in [2.24, 2.45) is 0 Å². The third kappa shape index (κ3) is 4.02. The molecule has 1 aliphatic heterocycles. The van der Waals surface area contributed by atoms with Crippen LogP contribution < -0.4 is 10.1 Å². The van der Waals surface area contributed by atoms with E-state index in [2.05, 4.69) is 12.2 Å². The van der Waals surface area contributed by atoms with Crippen LogP contribution in [0.2, 0.25) is 0 Å². The third-order valence-corrected chi connectivity index (χ3v) is 5.18. The predicted molar refractivity (Wildman–Crippen MR) is 96.9 cm³/mol. The van der Waals surface area contributed by atoms with Crippen LogP contribution in [0, 0.1) is 0 Å². The normalized spacial score (nSPS) is 13.2. The Morgan fingerprint density at radius 2 is 2.16 bits per heavy atom. The number of esters is 1. The van der Waals surface area contributed by atoms with Crippen molar-refractivity contribution in [1.29, 1.82) is 0 Å². The summed E-state index contributed by atoms with van der Waals surface area (Å²) in [6.45, 7) is 4.17. The summed E-state index contributed by atoms with van der Waals surface area (Å²) in [5, 5.41) is 2.82. The first-order valence-electron chi connectivity index (χ1n) is 8.40. The Labute approximate surface area is 151 Å². The molecule has 3 rings (SSSR count). The highest BCUT2D eigenvalue weighted by molar-refractivity contribution is 7.17. The van der Waals surface area contributed by atoms with Gasteiger partial charge in [-0.1, -0.05) is 25.5 Å². The molecule has 0 bridgehead atoms. The monoisotopic (exact) mass is 359 g/mol. The van der Waals surface area contributed by atoms with Crippen molar-refractivity contribution in [2.75, 3.05) is 6.61 Å². The van der Waals surface area contributed by atoms with Crippen LogP contribution in [0.15, 0.2) is 30.3 Å². The molecule has 1 aromatic carbocycles. The van der Waals surface area contributed by atoms with Gasteiger partial charge < -0.3 is 14.8 Å². The second-order valence-corrected chi connectivity index (χ2v) is 7.14. The molecule has 0 saturated carbocycles. The number of hydrogen-bond acceptors (Lipinski definition) is 5. The topological polar surface area (TPSA) is 64.6 Å². The highest BCUT2D eigenvalue weighted by atomic mass is 32.1. The van der Waals surface area contributed by atoms with Gasteiger partial charge in [0.25, 0.3) is 5.91 Å². The maximum atomic E-state index is 12.3. The third-order valence-electron chi connectivity index (χ3n) is 3.99. The van der Waals surface area contributed by atoms with Gasteiger partial charge in [-0.05, 0) is 31.5 Å². The second kappa shape index (κ2) is 7.70. The number of nitrogens with one attached hydrogen (secondary N) is 1. The summed E-state index contributed by atoms with van der Waals surface area (Å²) in [5.41, 5.74) is 1.95. The van der Waals surface area contributed by atoms with Crippen molar-refractivity contribution in [3.63, 3.8) is 0 Å². The molecule has 0 saturated heterocycles. The maximum Gasteiger partial charge on any atom is 0.348 e. The average molecular weight is 359 g/mol. The zero-order valence-electron chi connectivity index (χ0n) is 14.3. The summed E-state index contributed by atoms with van der Waals surface area (Å²) in [7, 11) is 0. The summed E-state index contributed by atoms with van der Waals surface area (Å²) in [5.74, 6) is 0.0699. The fraction of sp³-hybridized carbons (Fsp3) is 0.368. The molecule has 132 valence electrons. The van der Waals surface area contributed by atoms with Crippen molar-refractivity contribution >= 4 is 23.2 Å². The SMILES string of the molecule is CCCC(C)NC(=O)COC(=O)c1cc2c(s1)-c1ccccc1OC2. The fourth-order valence-corrected chi connectivity index (χ4v) is 3.91. The van der Waals surface area contributed by atoms with Crippen LogP contribution in [-0.2, 0) is 16.1 Å². The van der Waals surface area contributed by atoms with Gasteiger partial charge >= 0.3 is 5.97 Å². The molecule has 1 atom stereocenters. The van der Waals surface area contributed by atoms with Crippen LogP contribution in [0.25, 0.3) is 10.4 Å². The van der Waals surface area contributed by atoms with Gasteiger partial charge in [0.1, 0.15) is 17.2 Å². The van der Waals surface area contributed by atoms with E-state index in [0.717, 1.165) is 34.6 Å². The van der Waals surface area contributed by atoms with E-state index in [0.29, 0.717) is 11.5 Å². The molecule has 1 amide bonds. The number of ether oxygens (including phenoxy) is 2. The molecule has 0 spiro atoms. The smallest absolute Gasteiger partial charge is 0.348 e. The van der Waals surface area contributed by atoms with Crippen molar-refractivity contribution in [3.05, 3.63) is 40.8 Å². The Bertz CT molecular complexity index is 783. The van der Waals surface area contributed by atoms with E-state index in [1.165, 1.54) is 11.3 Å². The van der Waals surface area contributed by atoms with Crippen molar-refractivity contribution in [3.8, 4) is 16.2 Å². The highest BCUT2D eigenvalue weighted by Gasteiger charge is 2.23. The molecule has 2 aromatic rings. The molecular weight excluding hydrogens is 338 g/mol. The summed E-state index contributed by atoms with van der Waals surface area (Å²) >= 11 is 1.37. The Hall–Kier alpha value is -2.34. The van der Waals surface area contributed by atoms with Crippen LogP contribution >= 0.6 is 11.3 Å². The molecule has 0 fully saturated rings. The van der Waals surface area contributed by atoms with Crippen molar-refractivity contribution in [2.45, 2.75) is 39.3 Å². The van der Waals surface area contributed by atoms with E-state index in [1.54, 1.807) is 6.07 Å². The Kier molecular flexibility index (Phi) is 5.38. The number of para-hydroxylation sites is 1. The number of benzene rings is 1. The Morgan fingerprint density at radius 1 is 1.36 bits per heavy atom. The Balaban J connectivity index is 1.63. The number of hydrogen-bond donors (Lipinski definition) is 1. The maximum absolute atomic E-state index is 12.3. The fourth-order valence-electron chi connectivity index (χ4n) is 2.82. The average Bonchev–Trinajstić information content (AvgIpc) is 3.04. The van der Waals surface area contributed by atoms with Crippen LogP contribution in [0.5, 0.6) is 5.75 Å². The zero-order chi connectivity index (χ0) is 17.8. The number of fused-ring (bicyclic) bond motifs is 3. The van der Waals surface area contributed by atoms with Gasteiger partial charge in [-0.2, -0.15) is 0 Å². The second-order valence-electron chi connectivity index (χ2n) is 6.08. The lowest BCUT2D eigenvalue weighted by molar-refractivity contribution is -0.124. The minimum absolute atomic E-state index is 0.0823. The van der Waals surface area contributed by atoms with E-state index >= 15 is 0 Å². The van der Waals surface area contributed by atoms with Gasteiger partial charge in [0.2, 0.25) is 0 Å². The zero-order valence-corrected chi connectivity index (χ0v) is 15.2. The molecule has 0 aliphatic carbocycles. The van der Waals surface area contributed by atoms with E-state index in [9.17, 15) is 9.59 Å². The lowest BCUT2D eigenvalue weighted by Gasteiger charge is -2.16. The number of amides is 1. The molecule has 1 aliphatic rings. The molecule has 2 heterocycles. The standard InChI is InChI=1S/C19H21NO4S/c1-3-6-12(2)20-17(21)11-24-19(22)16-9-13-10-23-15-8-5-4-7-14(15)18(13)25-16/h4-5,7-9,12H,3,6,10-11H2,1-2H3,(H,20,21). The summed E-state index contributed by atoms with van der Waals surface area (Å²) < 4.78 is 10.9. The van der Waals surface area contributed by atoms with E-state index in [-0.39, 0.29) is 18.6 Å². The number of carbonyl (C=O) groups excluding carboxylic acids is 2. The van der Waals surface area contributed by atoms with Crippen molar-refractivity contribution in [1.82, 2.24) is 5.32 Å². The summed E-state index contributed by atoms with van der Waals surface area (Å²) in [4.78, 5) is 25.6. The lowest BCUT2D eigenvalue weighted by Crippen LogP contribution is -2.35. The van der Waals surface area contributed by atoms with Gasteiger partial charge in [0, 0.05) is 22.0 Å². The van der Waals surface area contributed by atoms with E-state index < -0.39 is 5.97 Å². The number of carbonyl (C=O) groups is 2. The van der Waals surface area contributed by atoms with Crippen LogP contribution in [0.3, 0.4) is 0 Å². The quantitative estimate of drug-likeness (QED) is 0.798. The van der Waals surface area contributed by atoms with Crippen molar-refractivity contribution < 1.29 is 19.1 Å². The molecule has 0 radical (unpaired) electrons. The molecule has 1 unspecified atom stereocenters. The molecule has 5 nitrogen and oxygen atoms in total. The predicted octanol–water partition coefficient (Wildman–Crippen LogP) is 3.77. The minimum atomic E-state index is -0.477. The number of rotatable bonds is 6. The van der Waals surface area contributed by atoms with Crippen LogP contribution in [-0.4, -0.2) is 24.5 Å². The van der Waals surface area contributed by atoms with Gasteiger partial charge in [-0.15, -0.1) is 11.3 Å². The first kappa shape index (κ1) is 17.5. The van der Waals surface area contributed by atoms with Gasteiger partial charge in [0.15, 0.2) is 6.61 Å². The molecule has 25 heavy (non-hydrogen) atoms. The summed E-state index contributed by atoms with van der Waals surface area (Å²) in [6, 6.07) is 9.62. The summed E-state index contributed by atoms with van der Waals surface area (Å²) in [6.07, 6.45) is 1.89. The molecule has 6 heteroatoms.